The summed E-state index contributed by atoms with van der Waals surface area (Å²) in [6.07, 6.45) is 0.877. The molecule has 0 aliphatic rings. The predicted octanol–water partition coefficient (Wildman–Crippen LogP) is 3.03. The van der Waals surface area contributed by atoms with E-state index in [1.54, 1.807) is 4.68 Å². The number of anilines is 1. The maximum absolute atomic E-state index is 6.07. The Balaban J connectivity index is 2.44. The molecule has 0 spiro atoms. The van der Waals surface area contributed by atoms with Crippen LogP contribution in [0.1, 0.15) is 19.7 Å². The van der Waals surface area contributed by atoms with Gasteiger partial charge in [0, 0.05) is 23.5 Å². The smallest absolute Gasteiger partial charge is 0.160 e. The summed E-state index contributed by atoms with van der Waals surface area (Å²) in [7, 11) is 1.90. The van der Waals surface area contributed by atoms with Gasteiger partial charge in [-0.05, 0) is 34.0 Å². The number of benzene rings is 1. The number of hydrogen-bond donors (Lipinski definition) is 1. The lowest BCUT2D eigenvalue weighted by molar-refractivity contribution is 0.613. The third-order valence-electron chi connectivity index (χ3n) is 2.69. The van der Waals surface area contributed by atoms with Crippen LogP contribution in [-0.4, -0.2) is 14.8 Å². The average molecular weight is 309 g/mol. The number of rotatable bonds is 3. The van der Waals surface area contributed by atoms with Crippen LogP contribution in [0.5, 0.6) is 0 Å². The lowest BCUT2D eigenvalue weighted by Gasteiger charge is -2.05. The van der Waals surface area contributed by atoms with Gasteiger partial charge in [-0.1, -0.05) is 19.9 Å². The van der Waals surface area contributed by atoms with Crippen molar-refractivity contribution in [2.24, 2.45) is 13.0 Å². The molecule has 0 atom stereocenters. The first-order chi connectivity index (χ1) is 8.49. The van der Waals surface area contributed by atoms with Gasteiger partial charge >= 0.3 is 0 Å². The summed E-state index contributed by atoms with van der Waals surface area (Å²) < 4.78 is 2.67. The van der Waals surface area contributed by atoms with Crippen LogP contribution in [0.3, 0.4) is 0 Å². The molecule has 0 amide bonds. The van der Waals surface area contributed by atoms with Crippen LogP contribution in [0.25, 0.3) is 11.4 Å². The number of para-hydroxylation sites is 1. The summed E-state index contributed by atoms with van der Waals surface area (Å²) in [5, 5.41) is 4.43. The van der Waals surface area contributed by atoms with Crippen molar-refractivity contribution in [3.8, 4) is 11.4 Å². The summed E-state index contributed by atoms with van der Waals surface area (Å²) in [4.78, 5) is 4.57. The Morgan fingerprint density at radius 1 is 1.39 bits per heavy atom. The quantitative estimate of drug-likeness (QED) is 0.887. The molecule has 2 N–H and O–H groups in total. The molecule has 18 heavy (non-hydrogen) atoms. The largest absolute Gasteiger partial charge is 0.397 e. The monoisotopic (exact) mass is 308 g/mol. The summed E-state index contributed by atoms with van der Waals surface area (Å²) >= 11 is 3.43. The second-order valence-electron chi connectivity index (χ2n) is 4.77. The first kappa shape index (κ1) is 13.1. The molecule has 96 valence electrons. The molecule has 0 aliphatic carbocycles. The van der Waals surface area contributed by atoms with E-state index in [4.69, 9.17) is 5.73 Å². The van der Waals surface area contributed by atoms with E-state index in [-0.39, 0.29) is 0 Å². The van der Waals surface area contributed by atoms with E-state index in [1.165, 1.54) is 0 Å². The van der Waals surface area contributed by atoms with E-state index in [9.17, 15) is 0 Å². The Morgan fingerprint density at radius 2 is 2.11 bits per heavy atom. The zero-order chi connectivity index (χ0) is 13.3. The van der Waals surface area contributed by atoms with E-state index in [0.29, 0.717) is 11.6 Å². The highest BCUT2D eigenvalue weighted by atomic mass is 79.9. The molecule has 0 saturated carbocycles. The highest BCUT2D eigenvalue weighted by Gasteiger charge is 2.14. The minimum atomic E-state index is 0.542. The molecule has 1 aromatic carbocycles. The van der Waals surface area contributed by atoms with Crippen LogP contribution in [0, 0.1) is 5.92 Å². The van der Waals surface area contributed by atoms with Gasteiger partial charge in [-0.2, -0.15) is 5.10 Å². The lowest BCUT2D eigenvalue weighted by Crippen LogP contribution is -1.99. The third kappa shape index (κ3) is 2.56. The van der Waals surface area contributed by atoms with Crippen LogP contribution in [0.15, 0.2) is 22.7 Å². The second-order valence-corrected chi connectivity index (χ2v) is 5.63. The highest BCUT2D eigenvalue weighted by molar-refractivity contribution is 9.10. The van der Waals surface area contributed by atoms with Crippen LogP contribution in [0.4, 0.5) is 5.69 Å². The van der Waals surface area contributed by atoms with Crippen LogP contribution in [-0.2, 0) is 13.5 Å². The molecule has 5 heteroatoms. The van der Waals surface area contributed by atoms with Gasteiger partial charge in [-0.3, -0.25) is 0 Å². The summed E-state index contributed by atoms with van der Waals surface area (Å²) in [5.41, 5.74) is 7.68. The predicted molar refractivity (Wildman–Crippen MR) is 77.1 cm³/mol. The van der Waals surface area contributed by atoms with Crippen molar-refractivity contribution in [3.63, 3.8) is 0 Å². The van der Waals surface area contributed by atoms with Crippen LogP contribution < -0.4 is 5.73 Å². The average Bonchev–Trinajstić information content (AvgIpc) is 2.62. The third-order valence-corrected chi connectivity index (χ3v) is 3.38. The molecule has 0 aliphatic heterocycles. The van der Waals surface area contributed by atoms with Crippen molar-refractivity contribution in [2.45, 2.75) is 20.3 Å². The van der Waals surface area contributed by atoms with Gasteiger partial charge in [0.25, 0.3) is 0 Å². The Labute approximate surface area is 115 Å². The van der Waals surface area contributed by atoms with Gasteiger partial charge in [-0.25, -0.2) is 9.67 Å². The molecule has 0 fully saturated rings. The zero-order valence-corrected chi connectivity index (χ0v) is 12.4. The van der Waals surface area contributed by atoms with Crippen molar-refractivity contribution in [3.05, 3.63) is 28.5 Å². The van der Waals surface area contributed by atoms with Gasteiger partial charge < -0.3 is 5.73 Å². The van der Waals surface area contributed by atoms with E-state index in [2.05, 4.69) is 39.9 Å². The topological polar surface area (TPSA) is 56.7 Å². The summed E-state index contributed by atoms with van der Waals surface area (Å²) in [6.45, 7) is 4.31. The molecule has 2 aromatic rings. The van der Waals surface area contributed by atoms with Crippen molar-refractivity contribution in [1.29, 1.82) is 0 Å². The second kappa shape index (κ2) is 5.10. The zero-order valence-electron chi connectivity index (χ0n) is 10.8. The van der Waals surface area contributed by atoms with Crippen molar-refractivity contribution in [1.82, 2.24) is 14.8 Å². The number of nitrogen functional groups attached to an aromatic ring is 1. The molecular formula is C13H17BrN4. The molecule has 0 saturated heterocycles. The first-order valence-corrected chi connectivity index (χ1v) is 6.72. The normalized spacial score (nSPS) is 11.2. The standard InChI is InChI=1S/C13H17BrN4/c1-8(2)7-11-16-13(18(3)17-11)9-5-4-6-10(14)12(9)15/h4-6,8H,7,15H2,1-3H3. The minimum absolute atomic E-state index is 0.542. The lowest BCUT2D eigenvalue weighted by atomic mass is 10.1. The Hall–Kier alpha value is -1.36. The Kier molecular flexibility index (Phi) is 3.71. The van der Waals surface area contributed by atoms with Crippen LogP contribution in [0.2, 0.25) is 0 Å². The molecular weight excluding hydrogens is 292 g/mol. The number of nitrogens with zero attached hydrogens (tertiary/aromatic N) is 3. The molecule has 2 rings (SSSR count). The fraction of sp³-hybridized carbons (Fsp3) is 0.385. The molecule has 0 radical (unpaired) electrons. The maximum atomic E-state index is 6.07. The van der Waals surface area contributed by atoms with Gasteiger partial charge in [0.05, 0.1) is 5.69 Å². The van der Waals surface area contributed by atoms with Gasteiger partial charge in [0.15, 0.2) is 11.6 Å². The highest BCUT2D eigenvalue weighted by Crippen LogP contribution is 2.30. The van der Waals surface area contributed by atoms with E-state index >= 15 is 0 Å². The van der Waals surface area contributed by atoms with Crippen molar-refractivity contribution in [2.75, 3.05) is 5.73 Å². The number of aromatic nitrogens is 3. The van der Waals surface area contributed by atoms with Gasteiger partial charge in [0.1, 0.15) is 0 Å². The number of aryl methyl sites for hydroxylation is 1. The van der Waals surface area contributed by atoms with Crippen LogP contribution >= 0.6 is 15.9 Å². The van der Waals surface area contributed by atoms with Gasteiger partial charge in [0.2, 0.25) is 0 Å². The Morgan fingerprint density at radius 3 is 2.78 bits per heavy atom. The van der Waals surface area contributed by atoms with E-state index in [1.807, 2.05) is 25.2 Å². The molecule has 0 unspecified atom stereocenters. The molecule has 0 bridgehead atoms. The SMILES string of the molecule is CC(C)Cc1nc(-c2cccc(Br)c2N)n(C)n1. The first-order valence-electron chi connectivity index (χ1n) is 5.93. The maximum Gasteiger partial charge on any atom is 0.160 e. The molecule has 4 nitrogen and oxygen atoms in total. The Bertz CT molecular complexity index is 560. The summed E-state index contributed by atoms with van der Waals surface area (Å²) in [5.74, 6) is 2.21. The minimum Gasteiger partial charge on any atom is -0.397 e. The number of halogens is 1. The fourth-order valence-corrected chi connectivity index (χ4v) is 2.22. The number of nitrogens with two attached hydrogens (primary N) is 1. The molecule has 1 heterocycles. The fourth-order valence-electron chi connectivity index (χ4n) is 1.86. The van der Waals surface area contributed by atoms with Crippen molar-refractivity contribution < 1.29 is 0 Å². The van der Waals surface area contributed by atoms with Gasteiger partial charge in [-0.15, -0.1) is 0 Å². The van der Waals surface area contributed by atoms with E-state index < -0.39 is 0 Å². The van der Waals surface area contributed by atoms with Crippen molar-refractivity contribution >= 4 is 21.6 Å². The number of hydrogen-bond acceptors (Lipinski definition) is 3. The van der Waals surface area contributed by atoms with E-state index in [0.717, 1.165) is 28.1 Å². The molecule has 1 aromatic heterocycles. The summed E-state index contributed by atoms with van der Waals surface area (Å²) in [6, 6.07) is 5.83.